The minimum Gasteiger partial charge on any atom is -0.378 e. The molecule has 11 heteroatoms. The van der Waals surface area contributed by atoms with E-state index in [1.165, 1.54) is 0 Å². The zero-order valence-corrected chi connectivity index (χ0v) is 12.1. The molecule has 0 bridgehead atoms. The maximum absolute atomic E-state index is 10.6. The van der Waals surface area contributed by atoms with Crippen LogP contribution in [0.1, 0.15) is 0 Å². The second kappa shape index (κ2) is 6.48. The Morgan fingerprint density at radius 2 is 2.00 bits per heavy atom. The second-order valence-electron chi connectivity index (χ2n) is 4.04. The third kappa shape index (κ3) is 4.71. The largest absolute Gasteiger partial charge is 0.378 e. The molecule has 0 spiro atoms. The van der Waals surface area contributed by atoms with E-state index >= 15 is 0 Å². The van der Waals surface area contributed by atoms with Crippen molar-refractivity contribution >= 4 is 33.6 Å². The van der Waals surface area contributed by atoms with E-state index in [9.17, 15) is 8.42 Å². The summed E-state index contributed by atoms with van der Waals surface area (Å²) >= 11 is 5.81. The first kappa shape index (κ1) is 15.2. The van der Waals surface area contributed by atoms with Crippen LogP contribution in [0.5, 0.6) is 0 Å². The van der Waals surface area contributed by atoms with Crippen LogP contribution in [-0.4, -0.2) is 66.5 Å². The fourth-order valence-electron chi connectivity index (χ4n) is 1.62. The summed E-state index contributed by atoms with van der Waals surface area (Å²) in [6, 6.07) is 0. The third-order valence-electron chi connectivity index (χ3n) is 2.53. The Hall–Kier alpha value is -1.23. The molecule has 2 N–H and O–H groups in total. The number of halogens is 1. The first-order valence-electron chi connectivity index (χ1n) is 5.87. The molecule has 9 nitrogen and oxygen atoms in total. The normalized spacial score (nSPS) is 16.2. The second-order valence-corrected chi connectivity index (χ2v) is 5.95. The van der Waals surface area contributed by atoms with Crippen LogP contribution in [-0.2, 0) is 14.9 Å². The third-order valence-corrected chi connectivity index (χ3v) is 3.42. The van der Waals surface area contributed by atoms with Crippen LogP contribution in [0, 0.1) is 0 Å². The average Bonchev–Trinajstić information content (AvgIpc) is 2.37. The van der Waals surface area contributed by atoms with Crippen LogP contribution in [0.3, 0.4) is 0 Å². The predicted molar refractivity (Wildman–Crippen MR) is 72.8 cm³/mol. The van der Waals surface area contributed by atoms with Gasteiger partial charge in [-0.25, -0.2) is 0 Å². The number of morpholine rings is 1. The first-order chi connectivity index (χ1) is 9.44. The van der Waals surface area contributed by atoms with Gasteiger partial charge in [-0.15, -0.1) is 0 Å². The average molecular weight is 324 g/mol. The molecule has 1 aliphatic heterocycles. The van der Waals surface area contributed by atoms with Crippen LogP contribution in [0.4, 0.5) is 11.9 Å². The molecule has 0 unspecified atom stereocenters. The van der Waals surface area contributed by atoms with Crippen molar-refractivity contribution in [1.29, 1.82) is 0 Å². The van der Waals surface area contributed by atoms with E-state index in [1.54, 1.807) is 0 Å². The Labute approximate surface area is 121 Å². The predicted octanol–water partition coefficient (Wildman–Crippen LogP) is -0.339. The Bertz CT molecular complexity index is 563. The van der Waals surface area contributed by atoms with Gasteiger partial charge in [0.2, 0.25) is 17.2 Å². The summed E-state index contributed by atoms with van der Waals surface area (Å²) in [5.41, 5.74) is 0. The summed E-state index contributed by atoms with van der Waals surface area (Å²) in [4.78, 5) is 13.9. The summed E-state index contributed by atoms with van der Waals surface area (Å²) in [7, 11) is -4.03. The molecule has 112 valence electrons. The van der Waals surface area contributed by atoms with Gasteiger partial charge in [-0.3, -0.25) is 4.55 Å². The van der Waals surface area contributed by atoms with E-state index in [1.807, 2.05) is 4.90 Å². The summed E-state index contributed by atoms with van der Waals surface area (Å²) in [5.74, 6) is 0.126. The minimum absolute atomic E-state index is 0.0100. The summed E-state index contributed by atoms with van der Waals surface area (Å²) in [5, 5.41) is 2.69. The zero-order valence-electron chi connectivity index (χ0n) is 10.5. The van der Waals surface area contributed by atoms with E-state index < -0.39 is 15.9 Å². The van der Waals surface area contributed by atoms with Gasteiger partial charge in [0.15, 0.2) is 0 Å². The molecule has 1 fully saturated rings. The number of ether oxygens (including phenoxy) is 1. The van der Waals surface area contributed by atoms with E-state index in [0.29, 0.717) is 32.3 Å². The van der Waals surface area contributed by atoms with E-state index in [2.05, 4.69) is 20.3 Å². The van der Waals surface area contributed by atoms with Gasteiger partial charge in [-0.2, -0.15) is 23.4 Å². The van der Waals surface area contributed by atoms with E-state index in [0.717, 1.165) is 0 Å². The van der Waals surface area contributed by atoms with Crippen LogP contribution in [0.2, 0.25) is 5.28 Å². The summed E-state index contributed by atoms with van der Waals surface area (Å²) < 4.78 is 35.1. The summed E-state index contributed by atoms with van der Waals surface area (Å²) in [6.45, 7) is 2.42. The molecular weight excluding hydrogens is 310 g/mol. The quantitative estimate of drug-likeness (QED) is 0.701. The lowest BCUT2D eigenvalue weighted by molar-refractivity contribution is 0.122. The summed E-state index contributed by atoms with van der Waals surface area (Å²) in [6.07, 6.45) is 0. The molecule has 1 aromatic heterocycles. The number of anilines is 2. The fourth-order valence-corrected chi connectivity index (χ4v) is 2.13. The van der Waals surface area contributed by atoms with Crippen molar-refractivity contribution in [2.75, 3.05) is 48.8 Å². The molecule has 0 aliphatic carbocycles. The highest BCUT2D eigenvalue weighted by Gasteiger charge is 2.16. The SMILES string of the molecule is O=S(=O)(O)CCNc1nc(Cl)nc(N2CCOCC2)n1. The van der Waals surface area contributed by atoms with Gasteiger partial charge in [-0.1, -0.05) is 0 Å². The van der Waals surface area contributed by atoms with E-state index in [4.69, 9.17) is 20.9 Å². The van der Waals surface area contributed by atoms with Crippen molar-refractivity contribution in [3.63, 3.8) is 0 Å². The topological polar surface area (TPSA) is 118 Å². The van der Waals surface area contributed by atoms with E-state index in [-0.39, 0.29) is 17.8 Å². The van der Waals surface area contributed by atoms with Gasteiger partial charge in [0.25, 0.3) is 10.1 Å². The number of aromatic nitrogens is 3. The van der Waals surface area contributed by atoms with Crippen LogP contribution < -0.4 is 10.2 Å². The smallest absolute Gasteiger partial charge is 0.266 e. The highest BCUT2D eigenvalue weighted by molar-refractivity contribution is 7.85. The minimum atomic E-state index is -4.03. The molecule has 1 aromatic rings. The highest BCUT2D eigenvalue weighted by Crippen LogP contribution is 2.14. The molecular formula is C9H14ClN5O4S. The van der Waals surface area contributed by atoms with Gasteiger partial charge in [-0.05, 0) is 11.6 Å². The molecule has 20 heavy (non-hydrogen) atoms. The van der Waals surface area contributed by atoms with Crippen molar-refractivity contribution < 1.29 is 17.7 Å². The number of nitrogens with zero attached hydrogens (tertiary/aromatic N) is 4. The lowest BCUT2D eigenvalue weighted by Gasteiger charge is -2.26. The molecule has 0 aromatic carbocycles. The molecule has 1 aliphatic rings. The monoisotopic (exact) mass is 323 g/mol. The molecule has 1 saturated heterocycles. The van der Waals surface area contributed by atoms with Gasteiger partial charge in [0, 0.05) is 19.6 Å². The number of hydrogen-bond donors (Lipinski definition) is 2. The Kier molecular flexibility index (Phi) is 4.91. The van der Waals surface area contributed by atoms with Gasteiger partial charge in [0.1, 0.15) is 0 Å². The molecule has 0 amide bonds. The van der Waals surface area contributed by atoms with Crippen LogP contribution in [0.25, 0.3) is 0 Å². The Balaban J connectivity index is 2.04. The molecule has 2 heterocycles. The standard InChI is InChI=1S/C9H14ClN5O4S/c10-7-12-8(11-1-6-20(16,17)18)14-9(13-7)15-2-4-19-5-3-15/h1-6H2,(H,16,17,18)(H,11,12,13,14). The highest BCUT2D eigenvalue weighted by atomic mass is 35.5. The lowest BCUT2D eigenvalue weighted by Crippen LogP contribution is -2.37. The maximum Gasteiger partial charge on any atom is 0.266 e. The van der Waals surface area contributed by atoms with Crippen LogP contribution in [0.15, 0.2) is 0 Å². The van der Waals surface area contributed by atoms with Crippen molar-refractivity contribution in [3.05, 3.63) is 5.28 Å². The van der Waals surface area contributed by atoms with Crippen molar-refractivity contribution in [3.8, 4) is 0 Å². The van der Waals surface area contributed by atoms with Crippen molar-refractivity contribution in [2.45, 2.75) is 0 Å². The first-order valence-corrected chi connectivity index (χ1v) is 7.86. The molecule has 0 radical (unpaired) electrons. The van der Waals surface area contributed by atoms with Gasteiger partial charge >= 0.3 is 0 Å². The van der Waals surface area contributed by atoms with Crippen LogP contribution >= 0.6 is 11.6 Å². The van der Waals surface area contributed by atoms with Crippen molar-refractivity contribution in [1.82, 2.24) is 15.0 Å². The molecule has 2 rings (SSSR count). The fraction of sp³-hybridized carbons (Fsp3) is 0.667. The van der Waals surface area contributed by atoms with Gasteiger partial charge < -0.3 is 15.0 Å². The number of nitrogens with one attached hydrogen (secondary N) is 1. The Morgan fingerprint density at radius 3 is 2.65 bits per heavy atom. The zero-order chi connectivity index (χ0) is 14.6. The number of hydrogen-bond acceptors (Lipinski definition) is 8. The Morgan fingerprint density at radius 1 is 1.30 bits per heavy atom. The number of rotatable bonds is 5. The maximum atomic E-state index is 10.6. The molecule has 0 saturated carbocycles. The molecule has 0 atom stereocenters. The lowest BCUT2D eigenvalue weighted by atomic mass is 10.4. The van der Waals surface area contributed by atoms with Crippen molar-refractivity contribution in [2.24, 2.45) is 0 Å². The van der Waals surface area contributed by atoms with Gasteiger partial charge in [0.05, 0.1) is 19.0 Å².